The fraction of sp³-hybridized carbons (Fsp3) is 0.167. The predicted octanol–water partition coefficient (Wildman–Crippen LogP) is 5.10. The average Bonchev–Trinajstić information content (AvgIpc) is 3.35. The third kappa shape index (κ3) is 3.55. The van der Waals surface area contributed by atoms with E-state index in [1.54, 1.807) is 0 Å². The van der Waals surface area contributed by atoms with Crippen LogP contribution in [0.5, 0.6) is 5.75 Å². The van der Waals surface area contributed by atoms with Crippen molar-refractivity contribution < 1.29 is 9.53 Å². The Morgan fingerprint density at radius 1 is 1.07 bits per heavy atom. The van der Waals surface area contributed by atoms with Crippen LogP contribution in [0.25, 0.3) is 16.5 Å². The Bertz CT molecular complexity index is 1230. The highest BCUT2D eigenvalue weighted by Crippen LogP contribution is 2.36. The Morgan fingerprint density at radius 2 is 1.87 bits per heavy atom. The molecule has 150 valence electrons. The maximum absolute atomic E-state index is 12.8. The molecule has 2 heterocycles. The second kappa shape index (κ2) is 7.88. The molecule has 0 saturated carbocycles. The van der Waals surface area contributed by atoms with Crippen molar-refractivity contribution in [2.45, 2.75) is 18.4 Å². The van der Waals surface area contributed by atoms with Gasteiger partial charge in [-0.05, 0) is 30.5 Å². The molecule has 0 aliphatic carbocycles. The number of aryl methyl sites for hydroxylation is 1. The third-order valence-corrected chi connectivity index (χ3v) is 6.17. The summed E-state index contributed by atoms with van der Waals surface area (Å²) in [6.45, 7) is 1.99. The van der Waals surface area contributed by atoms with Gasteiger partial charge in [0, 0.05) is 22.5 Å². The van der Waals surface area contributed by atoms with E-state index in [1.807, 2.05) is 83.2 Å². The summed E-state index contributed by atoms with van der Waals surface area (Å²) in [4.78, 5) is 12.8. The number of thioether (sulfide) groups is 1. The van der Waals surface area contributed by atoms with Crippen molar-refractivity contribution in [3.8, 4) is 11.4 Å². The van der Waals surface area contributed by atoms with Gasteiger partial charge in [0.2, 0.25) is 0 Å². The maximum atomic E-state index is 12.8. The van der Waals surface area contributed by atoms with E-state index in [0.717, 1.165) is 45.0 Å². The summed E-state index contributed by atoms with van der Waals surface area (Å²) < 4.78 is 7.70. The van der Waals surface area contributed by atoms with Crippen molar-refractivity contribution in [1.29, 1.82) is 0 Å². The Hall–Kier alpha value is -3.25. The highest BCUT2D eigenvalue weighted by molar-refractivity contribution is 7.98. The number of carbonyl (C=O) groups is 1. The molecule has 0 bridgehead atoms. The van der Waals surface area contributed by atoms with Gasteiger partial charge in [0.25, 0.3) is 5.91 Å². The number of ether oxygens (including phenoxy) is 1. The molecule has 1 amide bonds. The van der Waals surface area contributed by atoms with Gasteiger partial charge in [-0.3, -0.25) is 4.79 Å². The molecule has 1 aliphatic heterocycles. The van der Waals surface area contributed by atoms with Gasteiger partial charge >= 0.3 is 0 Å². The number of nitrogens with zero attached hydrogens (tertiary/aromatic N) is 2. The summed E-state index contributed by atoms with van der Waals surface area (Å²) in [6.07, 6.45) is 0. The molecule has 0 radical (unpaired) electrons. The number of aromatic nitrogens is 2. The number of nitrogens with one attached hydrogen (secondary N) is 1. The SMILES string of the molecule is Cc1ccc(-n2nc3c(c2NC(=O)COc2cccc4ccccc24)CSC3)cc1. The fourth-order valence-corrected chi connectivity index (χ4v) is 4.68. The number of carbonyl (C=O) groups excluding carboxylic acids is 1. The summed E-state index contributed by atoms with van der Waals surface area (Å²) in [5.41, 5.74) is 4.25. The van der Waals surface area contributed by atoms with E-state index in [4.69, 9.17) is 9.84 Å². The third-order valence-electron chi connectivity index (χ3n) is 5.20. The van der Waals surface area contributed by atoms with E-state index >= 15 is 0 Å². The van der Waals surface area contributed by atoms with Gasteiger partial charge in [-0.1, -0.05) is 54.1 Å². The summed E-state index contributed by atoms with van der Waals surface area (Å²) in [5, 5.41) is 9.87. The highest BCUT2D eigenvalue weighted by atomic mass is 32.2. The van der Waals surface area contributed by atoms with Crippen LogP contribution in [0.1, 0.15) is 16.8 Å². The fourth-order valence-electron chi connectivity index (χ4n) is 3.65. The summed E-state index contributed by atoms with van der Waals surface area (Å²) >= 11 is 1.81. The molecule has 1 aliphatic rings. The molecule has 0 atom stereocenters. The Morgan fingerprint density at radius 3 is 2.73 bits per heavy atom. The van der Waals surface area contributed by atoms with E-state index < -0.39 is 0 Å². The Labute approximate surface area is 179 Å². The van der Waals surface area contributed by atoms with E-state index in [9.17, 15) is 4.79 Å². The second-order valence-corrected chi connectivity index (χ2v) is 8.31. The summed E-state index contributed by atoms with van der Waals surface area (Å²) in [7, 11) is 0. The zero-order valence-corrected chi connectivity index (χ0v) is 17.4. The number of hydrogen-bond donors (Lipinski definition) is 1. The molecule has 5 nitrogen and oxygen atoms in total. The molecular weight excluding hydrogens is 394 g/mol. The van der Waals surface area contributed by atoms with Crippen LogP contribution in [0.2, 0.25) is 0 Å². The number of hydrogen-bond acceptors (Lipinski definition) is 4. The number of fused-ring (bicyclic) bond motifs is 2. The van der Waals surface area contributed by atoms with Crippen LogP contribution in [0.15, 0.2) is 66.7 Å². The molecular formula is C24H21N3O2S. The zero-order valence-electron chi connectivity index (χ0n) is 16.6. The minimum absolute atomic E-state index is 0.0605. The lowest BCUT2D eigenvalue weighted by molar-refractivity contribution is -0.118. The molecule has 6 heteroatoms. The van der Waals surface area contributed by atoms with Gasteiger partial charge in [-0.2, -0.15) is 16.9 Å². The van der Waals surface area contributed by atoms with Crippen LogP contribution >= 0.6 is 11.8 Å². The number of benzene rings is 3. The van der Waals surface area contributed by atoms with Gasteiger partial charge in [0.15, 0.2) is 6.61 Å². The van der Waals surface area contributed by atoms with Crippen molar-refractivity contribution in [3.05, 3.63) is 83.6 Å². The monoisotopic (exact) mass is 415 g/mol. The maximum Gasteiger partial charge on any atom is 0.263 e. The molecule has 0 saturated heterocycles. The molecule has 5 rings (SSSR count). The topological polar surface area (TPSA) is 56.2 Å². The number of rotatable bonds is 5. The van der Waals surface area contributed by atoms with Gasteiger partial charge in [0.1, 0.15) is 11.6 Å². The van der Waals surface area contributed by atoms with Gasteiger partial charge in [-0.25, -0.2) is 4.68 Å². The smallest absolute Gasteiger partial charge is 0.263 e. The summed E-state index contributed by atoms with van der Waals surface area (Å²) in [6, 6.07) is 22.0. The van der Waals surface area contributed by atoms with Gasteiger partial charge in [-0.15, -0.1) is 0 Å². The normalized spacial score (nSPS) is 12.7. The highest BCUT2D eigenvalue weighted by Gasteiger charge is 2.24. The molecule has 1 N–H and O–H groups in total. The molecule has 4 aromatic rings. The van der Waals surface area contributed by atoms with Crippen LogP contribution in [0.3, 0.4) is 0 Å². The first-order chi connectivity index (χ1) is 14.7. The van der Waals surface area contributed by atoms with Crippen molar-refractivity contribution in [2.24, 2.45) is 0 Å². The minimum atomic E-state index is -0.198. The number of amides is 1. The van der Waals surface area contributed by atoms with Crippen molar-refractivity contribution in [1.82, 2.24) is 9.78 Å². The van der Waals surface area contributed by atoms with Crippen LogP contribution in [0, 0.1) is 6.92 Å². The van der Waals surface area contributed by atoms with Crippen molar-refractivity contribution >= 4 is 34.3 Å². The van der Waals surface area contributed by atoms with Crippen LogP contribution in [-0.2, 0) is 16.3 Å². The lowest BCUT2D eigenvalue weighted by Gasteiger charge is -2.13. The number of anilines is 1. The second-order valence-electron chi connectivity index (χ2n) is 7.33. The van der Waals surface area contributed by atoms with E-state index in [0.29, 0.717) is 5.75 Å². The van der Waals surface area contributed by atoms with E-state index in [2.05, 4.69) is 12.2 Å². The zero-order chi connectivity index (χ0) is 20.5. The molecule has 30 heavy (non-hydrogen) atoms. The largest absolute Gasteiger partial charge is 0.483 e. The van der Waals surface area contributed by atoms with Crippen LogP contribution in [-0.4, -0.2) is 22.3 Å². The molecule has 0 spiro atoms. The standard InChI is InChI=1S/C24H21N3O2S/c1-16-9-11-18(12-10-16)27-24(20-14-30-15-21(20)26-27)25-23(28)13-29-22-8-4-6-17-5-2-3-7-19(17)22/h2-12H,13-15H2,1H3,(H,25,28). The quantitative estimate of drug-likeness (QED) is 0.493. The van der Waals surface area contributed by atoms with Crippen LogP contribution < -0.4 is 10.1 Å². The average molecular weight is 416 g/mol. The van der Waals surface area contributed by atoms with Gasteiger partial charge in [0.05, 0.1) is 11.4 Å². The Kier molecular flexibility index (Phi) is 4.93. The molecule has 3 aromatic carbocycles. The lowest BCUT2D eigenvalue weighted by Crippen LogP contribution is -2.22. The van der Waals surface area contributed by atoms with Crippen molar-refractivity contribution in [3.63, 3.8) is 0 Å². The van der Waals surface area contributed by atoms with Crippen molar-refractivity contribution in [2.75, 3.05) is 11.9 Å². The first-order valence-corrected chi connectivity index (χ1v) is 11.0. The predicted molar refractivity (Wildman–Crippen MR) is 121 cm³/mol. The van der Waals surface area contributed by atoms with Gasteiger partial charge < -0.3 is 10.1 Å². The first kappa shape index (κ1) is 18.8. The molecule has 0 fully saturated rings. The summed E-state index contributed by atoms with van der Waals surface area (Å²) in [5.74, 6) is 2.96. The molecule has 0 unspecified atom stereocenters. The Balaban J connectivity index is 1.38. The van der Waals surface area contributed by atoms with E-state index in [-0.39, 0.29) is 12.5 Å². The van der Waals surface area contributed by atoms with Crippen LogP contribution in [0.4, 0.5) is 5.82 Å². The molecule has 1 aromatic heterocycles. The van der Waals surface area contributed by atoms with E-state index in [1.165, 1.54) is 5.56 Å². The lowest BCUT2D eigenvalue weighted by atomic mass is 10.1. The first-order valence-electron chi connectivity index (χ1n) is 9.85. The minimum Gasteiger partial charge on any atom is -0.483 e.